The van der Waals surface area contributed by atoms with E-state index in [9.17, 15) is 9.59 Å². The zero-order valence-electron chi connectivity index (χ0n) is 21.1. The third-order valence-electron chi connectivity index (χ3n) is 5.53. The number of nitrogens with zero attached hydrogens (tertiary/aromatic N) is 3. The number of carbonyl (C=O) groups excluding carboxylic acids is 2. The number of aryl methyl sites for hydroxylation is 2. The fourth-order valence-electron chi connectivity index (χ4n) is 3.71. The molecule has 0 fully saturated rings. The average Bonchev–Trinajstić information content (AvgIpc) is 3.23. The molecule has 186 valence electrons. The molecule has 1 aromatic heterocycles. The first-order valence-electron chi connectivity index (χ1n) is 11.6. The lowest BCUT2D eigenvalue weighted by molar-refractivity contribution is -0.113. The van der Waals surface area contributed by atoms with E-state index in [-0.39, 0.29) is 29.5 Å². The summed E-state index contributed by atoms with van der Waals surface area (Å²) < 4.78 is 7.29. The quantitative estimate of drug-likeness (QED) is 0.393. The highest BCUT2D eigenvalue weighted by Gasteiger charge is 2.26. The minimum atomic E-state index is -0.324. The van der Waals surface area contributed by atoms with Gasteiger partial charge in [-0.2, -0.15) is 0 Å². The van der Waals surface area contributed by atoms with E-state index in [1.54, 1.807) is 13.2 Å². The maximum atomic E-state index is 12.9. The Balaban J connectivity index is 1.73. The van der Waals surface area contributed by atoms with E-state index in [2.05, 4.69) is 20.8 Å². The first kappa shape index (κ1) is 26.3. The lowest BCUT2D eigenvalue weighted by Gasteiger charge is -2.22. The van der Waals surface area contributed by atoms with Crippen molar-refractivity contribution in [1.29, 1.82) is 0 Å². The zero-order chi connectivity index (χ0) is 25.5. The summed E-state index contributed by atoms with van der Waals surface area (Å²) in [5.74, 6) is 1.21. The predicted molar refractivity (Wildman–Crippen MR) is 139 cm³/mol. The maximum absolute atomic E-state index is 12.9. The Morgan fingerprint density at radius 2 is 1.83 bits per heavy atom. The number of carbonyl (C=O) groups is 2. The van der Waals surface area contributed by atoms with Crippen molar-refractivity contribution in [3.8, 4) is 5.75 Å². The van der Waals surface area contributed by atoms with Crippen LogP contribution in [-0.2, 0) is 11.3 Å². The molecule has 2 aromatic carbocycles. The van der Waals surface area contributed by atoms with Crippen molar-refractivity contribution in [1.82, 2.24) is 20.1 Å². The molecule has 0 aliphatic rings. The number of ether oxygens (including phenoxy) is 1. The van der Waals surface area contributed by atoms with E-state index in [4.69, 9.17) is 4.74 Å². The van der Waals surface area contributed by atoms with Gasteiger partial charge in [0.05, 0.1) is 24.6 Å². The zero-order valence-corrected chi connectivity index (χ0v) is 21.9. The van der Waals surface area contributed by atoms with Crippen LogP contribution in [0.3, 0.4) is 0 Å². The summed E-state index contributed by atoms with van der Waals surface area (Å²) >= 11 is 1.31. The fourth-order valence-corrected chi connectivity index (χ4v) is 4.52. The SMILES string of the molecule is CCn1c(SCC(=O)Nc2cc(C)ccc2OC)nnc1[C@H](NC(=O)c1cccc(C)c1)C(C)C. The topological polar surface area (TPSA) is 98.1 Å². The highest BCUT2D eigenvalue weighted by atomic mass is 32.2. The van der Waals surface area contributed by atoms with Gasteiger partial charge in [-0.1, -0.05) is 49.4 Å². The number of hydrogen-bond acceptors (Lipinski definition) is 6. The van der Waals surface area contributed by atoms with Crippen LogP contribution in [0.25, 0.3) is 0 Å². The summed E-state index contributed by atoms with van der Waals surface area (Å²) in [5, 5.41) is 15.4. The van der Waals surface area contributed by atoms with Gasteiger partial charge in [-0.3, -0.25) is 9.59 Å². The Hall–Kier alpha value is -3.33. The van der Waals surface area contributed by atoms with Crippen molar-refractivity contribution in [2.45, 2.75) is 52.4 Å². The maximum Gasteiger partial charge on any atom is 0.251 e. The van der Waals surface area contributed by atoms with E-state index in [0.717, 1.165) is 11.1 Å². The van der Waals surface area contributed by atoms with Gasteiger partial charge in [-0.15, -0.1) is 10.2 Å². The molecule has 0 saturated carbocycles. The van der Waals surface area contributed by atoms with Gasteiger partial charge < -0.3 is 19.9 Å². The van der Waals surface area contributed by atoms with Gasteiger partial charge in [0.25, 0.3) is 5.91 Å². The summed E-state index contributed by atoms with van der Waals surface area (Å²) in [5.41, 5.74) is 3.29. The van der Waals surface area contributed by atoms with Crippen molar-refractivity contribution in [2.75, 3.05) is 18.2 Å². The van der Waals surface area contributed by atoms with Gasteiger partial charge in [-0.25, -0.2) is 0 Å². The lowest BCUT2D eigenvalue weighted by Crippen LogP contribution is -2.33. The van der Waals surface area contributed by atoms with Crippen molar-refractivity contribution in [2.24, 2.45) is 5.92 Å². The van der Waals surface area contributed by atoms with Crippen LogP contribution in [-0.4, -0.2) is 39.4 Å². The van der Waals surface area contributed by atoms with Gasteiger partial charge in [-0.05, 0) is 56.5 Å². The molecular weight excluding hydrogens is 462 g/mol. The van der Waals surface area contributed by atoms with E-state index in [0.29, 0.717) is 34.5 Å². The Bertz CT molecular complexity index is 1190. The van der Waals surface area contributed by atoms with Gasteiger partial charge in [0, 0.05) is 12.1 Å². The molecular formula is C26H33N5O3S. The minimum Gasteiger partial charge on any atom is -0.495 e. The molecule has 35 heavy (non-hydrogen) atoms. The van der Waals surface area contributed by atoms with Crippen LogP contribution in [0, 0.1) is 19.8 Å². The molecule has 3 rings (SSSR count). The Kier molecular flexibility index (Phi) is 8.92. The van der Waals surface area contributed by atoms with E-state index in [1.807, 2.05) is 75.6 Å². The Morgan fingerprint density at radius 3 is 2.49 bits per heavy atom. The number of nitrogens with one attached hydrogen (secondary N) is 2. The first-order valence-corrected chi connectivity index (χ1v) is 12.6. The summed E-state index contributed by atoms with van der Waals surface area (Å²) in [6, 6.07) is 12.8. The summed E-state index contributed by atoms with van der Waals surface area (Å²) in [6.45, 7) is 10.6. The number of anilines is 1. The van der Waals surface area contributed by atoms with Crippen LogP contribution in [0.2, 0.25) is 0 Å². The van der Waals surface area contributed by atoms with Crippen LogP contribution in [0.4, 0.5) is 5.69 Å². The summed E-state index contributed by atoms with van der Waals surface area (Å²) in [6.07, 6.45) is 0. The molecule has 1 atom stereocenters. The molecule has 0 bridgehead atoms. The van der Waals surface area contributed by atoms with Crippen molar-refractivity contribution >= 4 is 29.3 Å². The molecule has 9 heteroatoms. The second-order valence-corrected chi connectivity index (χ2v) is 9.63. The molecule has 0 unspecified atom stereocenters. The number of amides is 2. The minimum absolute atomic E-state index is 0.0909. The number of hydrogen-bond donors (Lipinski definition) is 2. The van der Waals surface area contributed by atoms with Crippen LogP contribution in [0.5, 0.6) is 5.75 Å². The van der Waals surface area contributed by atoms with Crippen molar-refractivity contribution in [3.05, 3.63) is 65.0 Å². The van der Waals surface area contributed by atoms with Crippen LogP contribution in [0.15, 0.2) is 47.6 Å². The highest BCUT2D eigenvalue weighted by molar-refractivity contribution is 7.99. The number of thioether (sulfide) groups is 1. The molecule has 8 nitrogen and oxygen atoms in total. The molecule has 0 saturated heterocycles. The normalized spacial score (nSPS) is 11.9. The monoisotopic (exact) mass is 495 g/mol. The van der Waals surface area contributed by atoms with E-state index < -0.39 is 0 Å². The van der Waals surface area contributed by atoms with Gasteiger partial charge in [0.2, 0.25) is 5.91 Å². The van der Waals surface area contributed by atoms with Gasteiger partial charge in [0.15, 0.2) is 11.0 Å². The van der Waals surface area contributed by atoms with Gasteiger partial charge in [0.1, 0.15) is 5.75 Å². The molecule has 0 spiro atoms. The second-order valence-electron chi connectivity index (χ2n) is 8.69. The predicted octanol–water partition coefficient (Wildman–Crippen LogP) is 4.78. The van der Waals surface area contributed by atoms with Crippen molar-refractivity contribution < 1.29 is 14.3 Å². The highest BCUT2D eigenvalue weighted by Crippen LogP contribution is 2.27. The second kappa shape index (κ2) is 11.9. The molecule has 2 N–H and O–H groups in total. The number of aromatic nitrogens is 3. The Labute approximate surface area is 210 Å². The van der Waals surface area contributed by atoms with E-state index in [1.165, 1.54) is 11.8 Å². The summed E-state index contributed by atoms with van der Waals surface area (Å²) in [4.78, 5) is 25.6. The van der Waals surface area contributed by atoms with Crippen LogP contribution < -0.4 is 15.4 Å². The van der Waals surface area contributed by atoms with E-state index >= 15 is 0 Å². The Morgan fingerprint density at radius 1 is 1.09 bits per heavy atom. The molecule has 0 radical (unpaired) electrons. The number of benzene rings is 2. The van der Waals surface area contributed by atoms with Gasteiger partial charge >= 0.3 is 0 Å². The van der Waals surface area contributed by atoms with Crippen LogP contribution in [0.1, 0.15) is 54.1 Å². The van der Waals surface area contributed by atoms with Crippen molar-refractivity contribution in [3.63, 3.8) is 0 Å². The summed E-state index contributed by atoms with van der Waals surface area (Å²) in [7, 11) is 1.57. The third-order valence-corrected chi connectivity index (χ3v) is 6.50. The molecule has 1 heterocycles. The van der Waals surface area contributed by atoms with Crippen LogP contribution >= 0.6 is 11.8 Å². The smallest absolute Gasteiger partial charge is 0.251 e. The first-order chi connectivity index (χ1) is 16.7. The largest absolute Gasteiger partial charge is 0.495 e. The number of methoxy groups -OCH3 is 1. The molecule has 3 aromatic rings. The molecule has 0 aliphatic carbocycles. The average molecular weight is 496 g/mol. The molecule has 0 aliphatic heterocycles. The third kappa shape index (κ3) is 6.63. The number of rotatable bonds is 10. The fraction of sp³-hybridized carbons (Fsp3) is 0.385. The lowest BCUT2D eigenvalue weighted by atomic mass is 10.0. The standard InChI is InChI=1S/C26H33N5O3S/c1-7-31-24(23(16(2)3)28-25(33)19-10-8-9-17(4)13-19)29-30-26(31)35-15-22(32)27-20-14-18(5)11-12-21(20)34-6/h8-14,16,23H,7,15H2,1-6H3,(H,27,32)(H,28,33)/t23-/m1/s1. The molecule has 2 amide bonds.